The monoisotopic (exact) mass is 374 g/mol. The third kappa shape index (κ3) is 6.15. The molecule has 1 fully saturated rings. The fraction of sp³-hybridized carbons (Fsp3) is 0.619. The van der Waals surface area contributed by atoms with E-state index in [1.165, 1.54) is 18.4 Å². The fourth-order valence-electron chi connectivity index (χ4n) is 3.23. The molecule has 1 aliphatic rings. The Morgan fingerprint density at radius 2 is 1.96 bits per heavy atom. The first kappa shape index (κ1) is 21.1. The van der Waals surface area contributed by atoms with Gasteiger partial charge in [-0.2, -0.15) is 0 Å². The zero-order chi connectivity index (χ0) is 19.9. The van der Waals surface area contributed by atoms with Gasteiger partial charge in [-0.3, -0.25) is 9.79 Å². The molecular formula is C21H34N4O2. The SMILES string of the molecule is CN=C(NCc1ccc(C)cc1OC1CCCC1)NCC(C)(C)C(=O)NC. The van der Waals surface area contributed by atoms with E-state index in [1.807, 2.05) is 13.8 Å². The minimum Gasteiger partial charge on any atom is -0.490 e. The summed E-state index contributed by atoms with van der Waals surface area (Å²) in [5.41, 5.74) is 1.79. The zero-order valence-electron chi connectivity index (χ0n) is 17.3. The molecule has 0 radical (unpaired) electrons. The minimum absolute atomic E-state index is 0.00348. The topological polar surface area (TPSA) is 74.8 Å². The van der Waals surface area contributed by atoms with E-state index in [2.05, 4.69) is 46.1 Å². The van der Waals surface area contributed by atoms with Gasteiger partial charge in [0.25, 0.3) is 0 Å². The average molecular weight is 375 g/mol. The van der Waals surface area contributed by atoms with Crippen molar-refractivity contribution >= 4 is 11.9 Å². The molecule has 6 heteroatoms. The normalized spacial score (nSPS) is 15.5. The van der Waals surface area contributed by atoms with Crippen molar-refractivity contribution in [2.45, 2.75) is 59.1 Å². The van der Waals surface area contributed by atoms with E-state index in [0.717, 1.165) is 24.2 Å². The van der Waals surface area contributed by atoms with Crippen molar-refractivity contribution in [1.29, 1.82) is 0 Å². The zero-order valence-corrected chi connectivity index (χ0v) is 17.3. The van der Waals surface area contributed by atoms with Gasteiger partial charge in [0.15, 0.2) is 5.96 Å². The predicted octanol–water partition coefficient (Wildman–Crippen LogP) is 2.75. The largest absolute Gasteiger partial charge is 0.490 e. The third-order valence-electron chi connectivity index (χ3n) is 5.03. The maximum atomic E-state index is 11.9. The van der Waals surface area contributed by atoms with Crippen LogP contribution in [0.3, 0.4) is 0 Å². The van der Waals surface area contributed by atoms with Crippen molar-refractivity contribution in [3.63, 3.8) is 0 Å². The van der Waals surface area contributed by atoms with Gasteiger partial charge < -0.3 is 20.7 Å². The van der Waals surface area contributed by atoms with Crippen molar-refractivity contribution in [1.82, 2.24) is 16.0 Å². The number of nitrogens with one attached hydrogen (secondary N) is 3. The molecule has 0 spiro atoms. The lowest BCUT2D eigenvalue weighted by Gasteiger charge is -2.24. The van der Waals surface area contributed by atoms with Gasteiger partial charge in [0.05, 0.1) is 11.5 Å². The first-order valence-corrected chi connectivity index (χ1v) is 9.78. The van der Waals surface area contributed by atoms with Crippen molar-refractivity contribution in [2.24, 2.45) is 10.4 Å². The summed E-state index contributed by atoms with van der Waals surface area (Å²) >= 11 is 0. The van der Waals surface area contributed by atoms with Crippen LogP contribution in [-0.2, 0) is 11.3 Å². The molecule has 0 atom stereocenters. The second kappa shape index (κ2) is 9.62. The second-order valence-electron chi connectivity index (χ2n) is 7.88. The van der Waals surface area contributed by atoms with Gasteiger partial charge in [-0.1, -0.05) is 12.1 Å². The molecule has 150 valence electrons. The molecule has 1 saturated carbocycles. The molecule has 0 aliphatic heterocycles. The Kier molecular flexibility index (Phi) is 7.51. The summed E-state index contributed by atoms with van der Waals surface area (Å²) in [6.45, 7) is 6.99. The Morgan fingerprint density at radius 1 is 1.26 bits per heavy atom. The number of carbonyl (C=O) groups excluding carboxylic acids is 1. The predicted molar refractivity (Wildman–Crippen MR) is 110 cm³/mol. The van der Waals surface area contributed by atoms with Gasteiger partial charge in [0, 0.05) is 32.7 Å². The summed E-state index contributed by atoms with van der Waals surface area (Å²) < 4.78 is 6.26. The highest BCUT2D eigenvalue weighted by atomic mass is 16.5. The maximum absolute atomic E-state index is 11.9. The number of hydrogen-bond donors (Lipinski definition) is 3. The molecule has 27 heavy (non-hydrogen) atoms. The molecule has 2 rings (SSSR count). The third-order valence-corrected chi connectivity index (χ3v) is 5.03. The van der Waals surface area contributed by atoms with Crippen LogP contribution < -0.4 is 20.7 Å². The number of aryl methyl sites for hydroxylation is 1. The summed E-state index contributed by atoms with van der Waals surface area (Å²) in [4.78, 5) is 16.2. The van der Waals surface area contributed by atoms with Gasteiger partial charge >= 0.3 is 0 Å². The van der Waals surface area contributed by atoms with Crippen LogP contribution in [0.5, 0.6) is 5.75 Å². The molecule has 0 saturated heterocycles. The lowest BCUT2D eigenvalue weighted by Crippen LogP contribution is -2.47. The number of nitrogens with zero attached hydrogens (tertiary/aromatic N) is 1. The second-order valence-corrected chi connectivity index (χ2v) is 7.88. The van der Waals surface area contributed by atoms with Crippen molar-refractivity contribution in [2.75, 3.05) is 20.6 Å². The van der Waals surface area contributed by atoms with Gasteiger partial charge in [0.2, 0.25) is 5.91 Å². The maximum Gasteiger partial charge on any atom is 0.227 e. The van der Waals surface area contributed by atoms with E-state index < -0.39 is 5.41 Å². The molecule has 6 nitrogen and oxygen atoms in total. The van der Waals surface area contributed by atoms with Gasteiger partial charge in [0.1, 0.15) is 5.75 Å². The smallest absolute Gasteiger partial charge is 0.227 e. The first-order valence-electron chi connectivity index (χ1n) is 9.78. The number of benzene rings is 1. The molecule has 0 heterocycles. The molecule has 1 amide bonds. The van der Waals surface area contributed by atoms with Crippen LogP contribution in [0.2, 0.25) is 0 Å². The number of carbonyl (C=O) groups is 1. The van der Waals surface area contributed by atoms with E-state index >= 15 is 0 Å². The number of guanidine groups is 1. The van der Waals surface area contributed by atoms with Crippen LogP contribution in [0, 0.1) is 12.3 Å². The van der Waals surface area contributed by atoms with Crippen LogP contribution in [0.1, 0.15) is 50.7 Å². The van der Waals surface area contributed by atoms with E-state index in [-0.39, 0.29) is 5.91 Å². The van der Waals surface area contributed by atoms with Crippen LogP contribution in [0.4, 0.5) is 0 Å². The van der Waals surface area contributed by atoms with Crippen LogP contribution in [-0.4, -0.2) is 38.6 Å². The highest BCUT2D eigenvalue weighted by Crippen LogP contribution is 2.27. The molecular weight excluding hydrogens is 340 g/mol. The molecule has 0 aromatic heterocycles. The van der Waals surface area contributed by atoms with Crippen LogP contribution in [0.15, 0.2) is 23.2 Å². The Labute approximate surface area is 163 Å². The number of aliphatic imine (C=N–C) groups is 1. The van der Waals surface area contributed by atoms with Gasteiger partial charge in [-0.05, 0) is 58.1 Å². The van der Waals surface area contributed by atoms with Crippen molar-refractivity contribution in [3.8, 4) is 5.75 Å². The Bertz CT molecular complexity index is 664. The highest BCUT2D eigenvalue weighted by molar-refractivity contribution is 5.84. The average Bonchev–Trinajstić information content (AvgIpc) is 3.15. The van der Waals surface area contributed by atoms with Gasteiger partial charge in [-0.15, -0.1) is 0 Å². The molecule has 1 aliphatic carbocycles. The molecule has 1 aromatic carbocycles. The quantitative estimate of drug-likeness (QED) is 0.507. The van der Waals surface area contributed by atoms with Crippen LogP contribution in [0.25, 0.3) is 0 Å². The van der Waals surface area contributed by atoms with Crippen molar-refractivity contribution < 1.29 is 9.53 Å². The number of rotatable bonds is 7. The minimum atomic E-state index is -0.521. The molecule has 1 aromatic rings. The van der Waals surface area contributed by atoms with Crippen LogP contribution >= 0.6 is 0 Å². The Balaban J connectivity index is 1.96. The van der Waals surface area contributed by atoms with Crippen molar-refractivity contribution in [3.05, 3.63) is 29.3 Å². The Hall–Kier alpha value is -2.24. The number of amides is 1. The number of hydrogen-bond acceptors (Lipinski definition) is 3. The summed E-state index contributed by atoms with van der Waals surface area (Å²) in [6, 6.07) is 6.32. The lowest BCUT2D eigenvalue weighted by molar-refractivity contribution is -0.128. The summed E-state index contributed by atoms with van der Waals surface area (Å²) in [7, 11) is 3.38. The fourth-order valence-corrected chi connectivity index (χ4v) is 3.23. The summed E-state index contributed by atoms with van der Waals surface area (Å²) in [5, 5.41) is 9.26. The van der Waals surface area contributed by atoms with E-state index in [4.69, 9.17) is 4.74 Å². The van der Waals surface area contributed by atoms with E-state index in [9.17, 15) is 4.79 Å². The molecule has 0 unspecified atom stereocenters. The molecule has 0 bridgehead atoms. The van der Waals surface area contributed by atoms with Gasteiger partial charge in [-0.25, -0.2) is 0 Å². The molecule has 3 N–H and O–H groups in total. The van der Waals surface area contributed by atoms with E-state index in [1.54, 1.807) is 14.1 Å². The highest BCUT2D eigenvalue weighted by Gasteiger charge is 2.26. The summed E-state index contributed by atoms with van der Waals surface area (Å²) in [6.07, 6.45) is 5.11. The lowest BCUT2D eigenvalue weighted by atomic mass is 9.92. The van der Waals surface area contributed by atoms with E-state index in [0.29, 0.717) is 25.2 Å². The Morgan fingerprint density at radius 3 is 2.59 bits per heavy atom. The summed E-state index contributed by atoms with van der Waals surface area (Å²) in [5.74, 6) is 1.62. The standard InChI is InChI=1S/C21H34N4O2/c1-15-10-11-16(18(12-15)27-17-8-6-7-9-17)13-24-20(23-5)25-14-21(2,3)19(26)22-4/h10-12,17H,6-9,13-14H2,1-5H3,(H,22,26)(H2,23,24,25). The number of ether oxygens (including phenoxy) is 1. The first-order chi connectivity index (χ1) is 12.9.